The van der Waals surface area contributed by atoms with Crippen molar-refractivity contribution in [1.29, 1.82) is 0 Å². The van der Waals surface area contributed by atoms with Gasteiger partial charge in [-0.2, -0.15) is 13.2 Å². The zero-order valence-electron chi connectivity index (χ0n) is 16.1. The molecule has 1 aliphatic carbocycles. The van der Waals surface area contributed by atoms with Crippen molar-refractivity contribution >= 4 is 11.6 Å². The molecule has 0 saturated carbocycles. The van der Waals surface area contributed by atoms with Gasteiger partial charge in [0.2, 0.25) is 0 Å². The Labute approximate surface area is 169 Å². The Morgan fingerprint density at radius 3 is 2.57 bits per heavy atom. The second-order valence-electron chi connectivity index (χ2n) is 7.96. The molecule has 0 radical (unpaired) electrons. The molecule has 4 atom stereocenters. The second-order valence-corrected chi connectivity index (χ2v) is 7.96. The molecular weight excluding hydrogens is 404 g/mol. The SMILES string of the molecule is CC1c2c(O)cc(F)cc2C(Nc2ccc3c(c2)CNC3=O)C(O)(C(F)(F)F)C1C. The van der Waals surface area contributed by atoms with Gasteiger partial charge in [-0.25, -0.2) is 4.39 Å². The van der Waals surface area contributed by atoms with Crippen molar-refractivity contribution in [3.05, 3.63) is 58.4 Å². The van der Waals surface area contributed by atoms with E-state index in [0.717, 1.165) is 12.1 Å². The summed E-state index contributed by atoms with van der Waals surface area (Å²) >= 11 is 0. The highest BCUT2D eigenvalue weighted by Crippen LogP contribution is 2.57. The quantitative estimate of drug-likeness (QED) is 0.550. The number of hydrogen-bond donors (Lipinski definition) is 4. The van der Waals surface area contributed by atoms with Gasteiger partial charge >= 0.3 is 6.18 Å². The Kier molecular flexibility index (Phi) is 4.50. The van der Waals surface area contributed by atoms with Crippen molar-refractivity contribution in [3.63, 3.8) is 0 Å². The van der Waals surface area contributed by atoms with Gasteiger partial charge in [0.05, 0.1) is 6.04 Å². The summed E-state index contributed by atoms with van der Waals surface area (Å²) < 4.78 is 56.6. The van der Waals surface area contributed by atoms with Crippen LogP contribution in [-0.2, 0) is 6.54 Å². The van der Waals surface area contributed by atoms with Crippen molar-refractivity contribution in [2.45, 2.75) is 44.1 Å². The lowest BCUT2D eigenvalue weighted by Gasteiger charge is -2.49. The van der Waals surface area contributed by atoms with Crippen LogP contribution in [0.5, 0.6) is 5.75 Å². The van der Waals surface area contributed by atoms with E-state index in [0.29, 0.717) is 11.1 Å². The van der Waals surface area contributed by atoms with E-state index in [1.54, 1.807) is 0 Å². The Hall–Kier alpha value is -2.81. The topological polar surface area (TPSA) is 81.6 Å². The van der Waals surface area contributed by atoms with Gasteiger partial charge in [0.25, 0.3) is 5.91 Å². The van der Waals surface area contributed by atoms with Crippen LogP contribution in [0, 0.1) is 11.7 Å². The lowest BCUT2D eigenvalue weighted by Crippen LogP contribution is -2.60. The van der Waals surface area contributed by atoms with Crippen LogP contribution < -0.4 is 10.6 Å². The molecule has 0 aromatic heterocycles. The minimum Gasteiger partial charge on any atom is -0.508 e. The molecule has 5 nitrogen and oxygen atoms in total. The van der Waals surface area contributed by atoms with Crippen LogP contribution in [0.4, 0.5) is 23.2 Å². The molecule has 2 aliphatic rings. The average molecular weight is 424 g/mol. The number of alkyl halides is 3. The molecule has 2 aromatic rings. The first kappa shape index (κ1) is 20.5. The summed E-state index contributed by atoms with van der Waals surface area (Å²) in [6, 6.07) is 4.41. The van der Waals surface area contributed by atoms with Gasteiger partial charge in [0.1, 0.15) is 11.6 Å². The predicted octanol–water partition coefficient (Wildman–Crippen LogP) is 3.97. The number of amides is 1. The highest BCUT2D eigenvalue weighted by atomic mass is 19.4. The van der Waals surface area contributed by atoms with E-state index in [2.05, 4.69) is 10.6 Å². The van der Waals surface area contributed by atoms with Gasteiger partial charge in [0.15, 0.2) is 5.60 Å². The van der Waals surface area contributed by atoms with Gasteiger partial charge in [0, 0.05) is 35.3 Å². The number of aromatic hydroxyl groups is 1. The normalized spacial score (nSPS) is 28.0. The maximum Gasteiger partial charge on any atom is 0.419 e. The summed E-state index contributed by atoms with van der Waals surface area (Å²) in [7, 11) is 0. The zero-order chi connectivity index (χ0) is 22.0. The van der Waals surface area contributed by atoms with Crippen LogP contribution >= 0.6 is 0 Å². The Morgan fingerprint density at radius 1 is 1.20 bits per heavy atom. The fraction of sp³-hybridized carbons (Fsp3) is 0.381. The summed E-state index contributed by atoms with van der Waals surface area (Å²) in [5.41, 5.74) is -1.98. The number of anilines is 1. The van der Waals surface area contributed by atoms with Crippen LogP contribution in [0.2, 0.25) is 0 Å². The number of carbonyl (C=O) groups is 1. The molecule has 1 aliphatic heterocycles. The number of rotatable bonds is 2. The zero-order valence-corrected chi connectivity index (χ0v) is 16.1. The number of nitrogens with one attached hydrogen (secondary N) is 2. The van der Waals surface area contributed by atoms with Crippen LogP contribution in [0.15, 0.2) is 30.3 Å². The summed E-state index contributed by atoms with van der Waals surface area (Å²) in [6.07, 6.45) is -5.04. The third-order valence-corrected chi connectivity index (χ3v) is 6.36. The minimum absolute atomic E-state index is 0.160. The largest absolute Gasteiger partial charge is 0.508 e. The van der Waals surface area contributed by atoms with E-state index in [4.69, 9.17) is 0 Å². The van der Waals surface area contributed by atoms with Gasteiger partial charge in [-0.15, -0.1) is 0 Å². The smallest absolute Gasteiger partial charge is 0.419 e. The maximum absolute atomic E-state index is 14.2. The Balaban J connectivity index is 1.88. The predicted molar refractivity (Wildman–Crippen MR) is 101 cm³/mol. The summed E-state index contributed by atoms with van der Waals surface area (Å²) in [4.78, 5) is 11.7. The van der Waals surface area contributed by atoms with E-state index in [9.17, 15) is 32.6 Å². The highest BCUT2D eigenvalue weighted by Gasteiger charge is 2.65. The summed E-state index contributed by atoms with van der Waals surface area (Å²) in [5, 5.41) is 26.6. The number of benzene rings is 2. The van der Waals surface area contributed by atoms with Crippen LogP contribution in [-0.4, -0.2) is 27.9 Å². The van der Waals surface area contributed by atoms with Gasteiger partial charge in [-0.05, 0) is 41.3 Å². The molecule has 2 aromatic carbocycles. The molecule has 0 fully saturated rings. The van der Waals surface area contributed by atoms with Crippen molar-refractivity contribution in [1.82, 2.24) is 5.32 Å². The third kappa shape index (κ3) is 2.83. The second kappa shape index (κ2) is 6.60. The number of phenols is 1. The maximum atomic E-state index is 14.2. The molecule has 9 heteroatoms. The number of hydrogen-bond acceptors (Lipinski definition) is 4. The van der Waals surface area contributed by atoms with E-state index >= 15 is 0 Å². The molecule has 4 rings (SSSR count). The van der Waals surface area contributed by atoms with Gasteiger partial charge in [-0.1, -0.05) is 13.8 Å². The number of phenolic OH excluding ortho intramolecular Hbond substituents is 1. The van der Waals surface area contributed by atoms with E-state index in [-0.39, 0.29) is 29.3 Å². The molecule has 1 heterocycles. The molecule has 4 N–H and O–H groups in total. The molecular formula is C21H20F4N2O3. The van der Waals surface area contributed by atoms with E-state index in [1.165, 1.54) is 32.0 Å². The number of fused-ring (bicyclic) bond motifs is 2. The van der Waals surface area contributed by atoms with Crippen molar-refractivity contribution < 1.29 is 32.6 Å². The van der Waals surface area contributed by atoms with Crippen LogP contribution in [0.1, 0.15) is 52.9 Å². The fourth-order valence-corrected chi connectivity index (χ4v) is 4.59. The van der Waals surface area contributed by atoms with Crippen molar-refractivity contribution in [2.75, 3.05) is 5.32 Å². The van der Waals surface area contributed by atoms with E-state index in [1.807, 2.05) is 0 Å². The minimum atomic E-state index is -5.04. The Bertz CT molecular complexity index is 1040. The van der Waals surface area contributed by atoms with Gasteiger partial charge < -0.3 is 20.8 Å². The van der Waals surface area contributed by atoms with E-state index < -0.39 is 41.2 Å². The van der Waals surface area contributed by atoms with Crippen LogP contribution in [0.25, 0.3) is 0 Å². The van der Waals surface area contributed by atoms with Crippen LogP contribution in [0.3, 0.4) is 0 Å². The number of halogens is 4. The third-order valence-electron chi connectivity index (χ3n) is 6.36. The summed E-state index contributed by atoms with van der Waals surface area (Å²) in [5.74, 6) is -3.86. The lowest BCUT2D eigenvalue weighted by molar-refractivity contribution is -0.289. The molecule has 4 unspecified atom stereocenters. The molecule has 0 spiro atoms. The molecule has 160 valence electrons. The lowest BCUT2D eigenvalue weighted by atomic mass is 9.64. The molecule has 30 heavy (non-hydrogen) atoms. The highest BCUT2D eigenvalue weighted by molar-refractivity contribution is 5.98. The Morgan fingerprint density at radius 2 is 1.90 bits per heavy atom. The fourth-order valence-electron chi connectivity index (χ4n) is 4.59. The monoisotopic (exact) mass is 424 g/mol. The first-order valence-corrected chi connectivity index (χ1v) is 9.44. The standard InChI is InChI=1S/C21H20F4N2O3/c1-9-10(2)20(30,21(23,24)25)18(15-6-12(22)7-16(28)17(9)15)27-13-3-4-14-11(5-13)8-26-19(14)29/h3-7,9-10,18,27-28,30H,8H2,1-2H3,(H,26,29). The molecule has 0 bridgehead atoms. The summed E-state index contributed by atoms with van der Waals surface area (Å²) in [6.45, 7) is 2.95. The van der Waals surface area contributed by atoms with Crippen molar-refractivity contribution in [3.8, 4) is 5.75 Å². The number of aliphatic hydroxyl groups is 1. The van der Waals surface area contributed by atoms with Gasteiger partial charge in [-0.3, -0.25) is 4.79 Å². The number of carbonyl (C=O) groups excluding carboxylic acids is 1. The molecule has 0 saturated heterocycles. The van der Waals surface area contributed by atoms with Crippen molar-refractivity contribution in [2.24, 2.45) is 5.92 Å². The average Bonchev–Trinajstić information content (AvgIpc) is 3.02. The first-order chi connectivity index (χ1) is 13.9. The first-order valence-electron chi connectivity index (χ1n) is 9.44. The molecule has 1 amide bonds.